The van der Waals surface area contributed by atoms with Crippen LogP contribution in [0, 0.1) is 11.8 Å². The fraction of sp³-hybridized carbons (Fsp3) is 0.375. The van der Waals surface area contributed by atoms with Gasteiger partial charge in [-0.1, -0.05) is 30.3 Å². The number of amides is 2. The highest BCUT2D eigenvalue weighted by Gasteiger charge is 2.64. The van der Waals surface area contributed by atoms with Crippen molar-refractivity contribution in [3.8, 4) is 11.5 Å². The van der Waals surface area contributed by atoms with E-state index in [9.17, 15) is 14.4 Å². The predicted molar refractivity (Wildman–Crippen MR) is 111 cm³/mol. The Hall–Kier alpha value is -3.19. The highest BCUT2D eigenvalue weighted by Crippen LogP contribution is 2.49. The van der Waals surface area contributed by atoms with Crippen molar-refractivity contribution >= 4 is 23.3 Å². The van der Waals surface area contributed by atoms with Crippen LogP contribution in [0.3, 0.4) is 0 Å². The zero-order valence-electron chi connectivity index (χ0n) is 16.9. The van der Waals surface area contributed by atoms with Gasteiger partial charge in [0.25, 0.3) is 0 Å². The van der Waals surface area contributed by atoms with Crippen molar-refractivity contribution in [2.75, 3.05) is 24.7 Å². The lowest BCUT2D eigenvalue weighted by molar-refractivity contribution is -0.123. The van der Waals surface area contributed by atoms with Gasteiger partial charge in [-0.2, -0.15) is 0 Å². The predicted octanol–water partition coefficient (Wildman–Crippen LogP) is 2.29. The Morgan fingerprint density at radius 1 is 0.903 bits per heavy atom. The van der Waals surface area contributed by atoms with E-state index < -0.39 is 17.9 Å². The van der Waals surface area contributed by atoms with Crippen molar-refractivity contribution < 1.29 is 23.9 Å². The van der Waals surface area contributed by atoms with Gasteiger partial charge in [0.2, 0.25) is 11.8 Å². The number of anilines is 1. The molecular formula is C24H22N2O5. The molecule has 7 nitrogen and oxygen atoms in total. The minimum absolute atomic E-state index is 0.0682. The molecule has 0 unspecified atom stereocenters. The third kappa shape index (κ3) is 2.66. The van der Waals surface area contributed by atoms with Gasteiger partial charge < -0.3 is 9.47 Å². The van der Waals surface area contributed by atoms with E-state index in [1.165, 1.54) is 4.90 Å². The first kappa shape index (κ1) is 18.6. The number of hydrogen-bond donors (Lipinski definition) is 0. The van der Waals surface area contributed by atoms with E-state index >= 15 is 0 Å². The maximum absolute atomic E-state index is 13.6. The molecule has 7 heteroatoms. The van der Waals surface area contributed by atoms with Gasteiger partial charge in [0.15, 0.2) is 17.3 Å². The van der Waals surface area contributed by atoms with Crippen molar-refractivity contribution in [1.82, 2.24) is 4.90 Å². The van der Waals surface area contributed by atoms with Crippen LogP contribution in [0.1, 0.15) is 23.2 Å². The van der Waals surface area contributed by atoms with Crippen molar-refractivity contribution in [1.29, 1.82) is 0 Å². The van der Waals surface area contributed by atoms with Gasteiger partial charge in [0.1, 0.15) is 13.2 Å². The topological polar surface area (TPSA) is 76.1 Å². The number of Topliss-reactive ketones (excluding diaryl/α,β-unsaturated/α-hetero) is 1. The van der Waals surface area contributed by atoms with Crippen molar-refractivity contribution in [3.05, 3.63) is 54.1 Å². The van der Waals surface area contributed by atoms with E-state index in [-0.39, 0.29) is 23.6 Å². The Labute approximate surface area is 179 Å². The van der Waals surface area contributed by atoms with Crippen LogP contribution in [0.25, 0.3) is 0 Å². The number of ether oxygens (including phenoxy) is 2. The van der Waals surface area contributed by atoms with Crippen LogP contribution >= 0.6 is 0 Å². The molecule has 2 aromatic carbocycles. The van der Waals surface area contributed by atoms with Gasteiger partial charge in [-0.05, 0) is 31.5 Å². The van der Waals surface area contributed by atoms with Gasteiger partial charge >= 0.3 is 0 Å². The van der Waals surface area contributed by atoms with Crippen LogP contribution in [-0.4, -0.2) is 54.3 Å². The third-order valence-corrected chi connectivity index (χ3v) is 6.96. The molecule has 6 rings (SSSR count). The second-order valence-electron chi connectivity index (χ2n) is 8.51. The Kier molecular flexibility index (Phi) is 4.14. The van der Waals surface area contributed by atoms with E-state index in [0.717, 1.165) is 19.4 Å². The standard InChI is InChI=1S/C24H22N2O5/c27-22(14-5-2-1-3-6-14)21-20-19(16-7-4-10-25(16)21)23(28)26(24(20)29)15-8-9-17-18(13-15)31-12-11-30-17/h1-3,5-6,8-9,13,16,19-21H,4,7,10-12H2/t16-,19-,20+,21-/m0/s1. The Balaban J connectivity index is 1.39. The monoisotopic (exact) mass is 418 g/mol. The molecule has 3 fully saturated rings. The quantitative estimate of drug-likeness (QED) is 0.562. The molecule has 0 N–H and O–H groups in total. The third-order valence-electron chi connectivity index (χ3n) is 6.96. The summed E-state index contributed by atoms with van der Waals surface area (Å²) in [5.41, 5.74) is 1.06. The minimum atomic E-state index is -0.654. The van der Waals surface area contributed by atoms with Crippen molar-refractivity contribution in [2.45, 2.75) is 24.9 Å². The molecule has 2 aromatic rings. The molecule has 3 saturated heterocycles. The Morgan fingerprint density at radius 2 is 1.65 bits per heavy atom. The minimum Gasteiger partial charge on any atom is -0.486 e. The fourth-order valence-corrected chi connectivity index (χ4v) is 5.71. The SMILES string of the molecule is O=C(c1ccccc1)[C@@H]1[C@@H]2C(=O)N(c3ccc4c(c3)OCCO4)C(=O)[C@H]2[C@@H]2CCCN12. The molecule has 0 spiro atoms. The molecule has 4 heterocycles. The zero-order chi connectivity index (χ0) is 21.1. The molecule has 0 bridgehead atoms. The summed E-state index contributed by atoms with van der Waals surface area (Å²) in [5.74, 6) is -0.596. The normalized spacial score (nSPS) is 29.2. The zero-order valence-corrected chi connectivity index (χ0v) is 16.9. The summed E-state index contributed by atoms with van der Waals surface area (Å²) >= 11 is 0. The summed E-state index contributed by atoms with van der Waals surface area (Å²) in [4.78, 5) is 43.9. The molecule has 2 amide bonds. The highest BCUT2D eigenvalue weighted by atomic mass is 16.6. The summed E-state index contributed by atoms with van der Waals surface area (Å²) in [6, 6.07) is 13.5. The van der Waals surface area contributed by atoms with Crippen molar-refractivity contribution in [3.63, 3.8) is 0 Å². The largest absolute Gasteiger partial charge is 0.486 e. The molecular weight excluding hydrogens is 396 g/mol. The van der Waals surface area contributed by atoms with Crippen LogP contribution in [0.2, 0.25) is 0 Å². The molecule has 158 valence electrons. The number of carbonyl (C=O) groups is 3. The summed E-state index contributed by atoms with van der Waals surface area (Å²) < 4.78 is 11.2. The number of fused-ring (bicyclic) bond motifs is 4. The van der Waals surface area contributed by atoms with Crippen molar-refractivity contribution in [2.24, 2.45) is 11.8 Å². The number of imide groups is 1. The summed E-state index contributed by atoms with van der Waals surface area (Å²) in [7, 11) is 0. The number of carbonyl (C=O) groups excluding carboxylic acids is 3. The highest BCUT2D eigenvalue weighted by molar-refractivity contribution is 6.24. The van der Waals surface area contributed by atoms with E-state index in [4.69, 9.17) is 9.47 Å². The van der Waals surface area contributed by atoms with Crippen LogP contribution in [0.15, 0.2) is 48.5 Å². The average Bonchev–Trinajstić information content (AvgIpc) is 3.45. The Bertz CT molecular complexity index is 1080. The van der Waals surface area contributed by atoms with Gasteiger partial charge in [-0.3, -0.25) is 19.3 Å². The lowest BCUT2D eigenvalue weighted by atomic mass is 9.85. The average molecular weight is 418 g/mol. The summed E-state index contributed by atoms with van der Waals surface area (Å²) in [6.45, 7) is 1.64. The van der Waals surface area contributed by atoms with Gasteiger partial charge in [0.05, 0.1) is 23.6 Å². The molecule has 0 aliphatic carbocycles. The van der Waals surface area contributed by atoms with E-state index in [0.29, 0.717) is 36.0 Å². The van der Waals surface area contributed by atoms with Crippen LogP contribution in [0.5, 0.6) is 11.5 Å². The lowest BCUT2D eigenvalue weighted by Crippen LogP contribution is -2.46. The maximum atomic E-state index is 13.6. The second-order valence-corrected chi connectivity index (χ2v) is 8.51. The number of rotatable bonds is 3. The fourth-order valence-electron chi connectivity index (χ4n) is 5.71. The first-order valence-electron chi connectivity index (χ1n) is 10.8. The number of nitrogens with zero attached hydrogens (tertiary/aromatic N) is 2. The molecule has 4 aliphatic heterocycles. The van der Waals surface area contributed by atoms with Gasteiger partial charge in [-0.15, -0.1) is 0 Å². The molecule has 0 aromatic heterocycles. The molecule has 0 radical (unpaired) electrons. The van der Waals surface area contributed by atoms with E-state index in [1.54, 1.807) is 30.3 Å². The molecule has 4 aliphatic rings. The number of ketones is 1. The van der Waals surface area contributed by atoms with Crippen LogP contribution < -0.4 is 14.4 Å². The van der Waals surface area contributed by atoms with Crippen LogP contribution in [0.4, 0.5) is 5.69 Å². The molecule has 4 atom stereocenters. The first-order valence-corrected chi connectivity index (χ1v) is 10.8. The number of hydrogen-bond acceptors (Lipinski definition) is 6. The summed E-state index contributed by atoms with van der Waals surface area (Å²) in [5, 5.41) is 0. The van der Waals surface area contributed by atoms with Crippen LogP contribution in [-0.2, 0) is 9.59 Å². The summed E-state index contributed by atoms with van der Waals surface area (Å²) in [6.07, 6.45) is 1.76. The Morgan fingerprint density at radius 3 is 2.45 bits per heavy atom. The number of benzene rings is 2. The smallest absolute Gasteiger partial charge is 0.239 e. The molecule has 0 saturated carbocycles. The van der Waals surface area contributed by atoms with Gasteiger partial charge in [0, 0.05) is 17.7 Å². The first-order chi connectivity index (χ1) is 15.1. The lowest BCUT2D eigenvalue weighted by Gasteiger charge is -2.28. The maximum Gasteiger partial charge on any atom is 0.239 e. The van der Waals surface area contributed by atoms with Gasteiger partial charge in [-0.25, -0.2) is 4.90 Å². The van der Waals surface area contributed by atoms with E-state index in [1.807, 2.05) is 18.2 Å². The molecule has 31 heavy (non-hydrogen) atoms. The van der Waals surface area contributed by atoms with E-state index in [2.05, 4.69) is 4.90 Å². The second kappa shape index (κ2) is 6.92.